The van der Waals surface area contributed by atoms with Crippen molar-refractivity contribution in [2.45, 2.75) is 24.9 Å². The topological polar surface area (TPSA) is 106 Å². The van der Waals surface area contributed by atoms with E-state index < -0.39 is 0 Å². The Morgan fingerprint density at radius 1 is 1.48 bits per heavy atom. The van der Waals surface area contributed by atoms with Crippen molar-refractivity contribution in [2.24, 2.45) is 0 Å². The summed E-state index contributed by atoms with van der Waals surface area (Å²) in [5.74, 6) is 6.75. The lowest BCUT2D eigenvalue weighted by molar-refractivity contribution is -0.113. The molecule has 4 N–H and O–H groups in total. The van der Waals surface area contributed by atoms with Gasteiger partial charge in [-0.3, -0.25) is 4.79 Å². The zero-order valence-corrected chi connectivity index (χ0v) is 12.6. The molecule has 0 fully saturated rings. The number of hydrogen-bond acceptors (Lipinski definition) is 6. The van der Waals surface area contributed by atoms with Gasteiger partial charge < -0.3 is 16.3 Å². The molecule has 112 valence electrons. The van der Waals surface area contributed by atoms with Crippen molar-refractivity contribution in [3.63, 3.8) is 0 Å². The first-order chi connectivity index (χ1) is 9.97. The molecule has 21 heavy (non-hydrogen) atoms. The number of nitrogens with one attached hydrogen (secondary N) is 1. The van der Waals surface area contributed by atoms with Crippen molar-refractivity contribution >= 4 is 23.4 Å². The largest absolute Gasteiger partial charge is 0.508 e. The number of anilines is 1. The molecule has 1 amide bonds. The van der Waals surface area contributed by atoms with Crippen LogP contribution >= 0.6 is 11.8 Å². The first-order valence-corrected chi connectivity index (χ1v) is 7.38. The van der Waals surface area contributed by atoms with Gasteiger partial charge in [-0.05, 0) is 12.1 Å². The summed E-state index contributed by atoms with van der Waals surface area (Å²) in [5.41, 5.74) is 0.540. The minimum absolute atomic E-state index is 0.101. The number of phenolic OH excluding ortho intramolecular Hbond substituents is 1. The van der Waals surface area contributed by atoms with Gasteiger partial charge in [-0.1, -0.05) is 31.7 Å². The highest BCUT2D eigenvalue weighted by atomic mass is 32.2. The molecule has 0 aliphatic carbocycles. The van der Waals surface area contributed by atoms with Crippen LogP contribution in [0, 0.1) is 0 Å². The summed E-state index contributed by atoms with van der Waals surface area (Å²) in [6.07, 6.45) is 0. The van der Waals surface area contributed by atoms with Crippen LogP contribution in [0.4, 0.5) is 5.69 Å². The summed E-state index contributed by atoms with van der Waals surface area (Å²) in [7, 11) is 0. The molecule has 0 spiro atoms. The number of nitrogens with two attached hydrogens (primary N) is 1. The number of hydrogen-bond donors (Lipinski definition) is 3. The van der Waals surface area contributed by atoms with E-state index >= 15 is 0 Å². The lowest BCUT2D eigenvalue weighted by atomic mass is 10.2. The Morgan fingerprint density at radius 3 is 2.86 bits per heavy atom. The molecular weight excluding hydrogens is 290 g/mol. The fourth-order valence-electron chi connectivity index (χ4n) is 1.69. The van der Waals surface area contributed by atoms with E-state index in [9.17, 15) is 9.90 Å². The fraction of sp³-hybridized carbons (Fsp3) is 0.308. The summed E-state index contributed by atoms with van der Waals surface area (Å²) < 4.78 is 1.40. The first kappa shape index (κ1) is 15.2. The second kappa shape index (κ2) is 6.49. The lowest BCUT2D eigenvalue weighted by Gasteiger charge is -2.06. The third kappa shape index (κ3) is 3.88. The highest BCUT2D eigenvalue weighted by Crippen LogP contribution is 2.19. The number of amides is 1. The maximum atomic E-state index is 11.8. The maximum absolute atomic E-state index is 11.8. The standard InChI is InChI=1S/C13H17N5O2S/c1-8(2)12-16-17-13(18(12)14)21-7-11(20)15-9-4-3-5-10(19)6-9/h3-6,8,19H,7,14H2,1-2H3,(H,15,20). The van der Waals surface area contributed by atoms with Crippen molar-refractivity contribution < 1.29 is 9.90 Å². The summed E-state index contributed by atoms with van der Waals surface area (Å²) in [6.45, 7) is 3.94. The summed E-state index contributed by atoms with van der Waals surface area (Å²) >= 11 is 1.21. The van der Waals surface area contributed by atoms with Crippen molar-refractivity contribution in [3.05, 3.63) is 30.1 Å². The predicted molar refractivity (Wildman–Crippen MR) is 81.7 cm³/mol. The minimum atomic E-state index is -0.209. The average Bonchev–Trinajstić information content (AvgIpc) is 2.78. The van der Waals surface area contributed by atoms with Gasteiger partial charge in [0.2, 0.25) is 11.1 Å². The molecule has 0 aliphatic heterocycles. The average molecular weight is 307 g/mol. The Kier molecular flexibility index (Phi) is 4.69. The number of phenols is 1. The molecule has 2 rings (SSSR count). The lowest BCUT2D eigenvalue weighted by Crippen LogP contribution is -2.17. The predicted octanol–water partition coefficient (Wildman–Crippen LogP) is 1.55. The van der Waals surface area contributed by atoms with Crippen LogP contribution in [0.25, 0.3) is 0 Å². The molecule has 0 aliphatic rings. The van der Waals surface area contributed by atoms with E-state index in [-0.39, 0.29) is 23.3 Å². The number of carbonyl (C=O) groups is 1. The molecule has 1 heterocycles. The van der Waals surface area contributed by atoms with E-state index in [1.807, 2.05) is 13.8 Å². The summed E-state index contributed by atoms with van der Waals surface area (Å²) in [4.78, 5) is 11.8. The number of rotatable bonds is 5. The van der Waals surface area contributed by atoms with Gasteiger partial charge in [0.1, 0.15) is 5.75 Å². The first-order valence-electron chi connectivity index (χ1n) is 6.39. The van der Waals surface area contributed by atoms with Gasteiger partial charge >= 0.3 is 0 Å². The number of nitrogens with zero attached hydrogens (tertiary/aromatic N) is 3. The second-order valence-electron chi connectivity index (χ2n) is 4.75. The zero-order valence-electron chi connectivity index (χ0n) is 11.8. The van der Waals surface area contributed by atoms with Crippen LogP contribution in [0.3, 0.4) is 0 Å². The van der Waals surface area contributed by atoms with Gasteiger partial charge in [0.05, 0.1) is 5.75 Å². The van der Waals surface area contributed by atoms with Crippen molar-refractivity contribution in [1.29, 1.82) is 0 Å². The molecule has 0 unspecified atom stereocenters. The van der Waals surface area contributed by atoms with Crippen LogP contribution in [0.2, 0.25) is 0 Å². The second-order valence-corrected chi connectivity index (χ2v) is 5.70. The van der Waals surface area contributed by atoms with Crippen LogP contribution < -0.4 is 11.2 Å². The van der Waals surface area contributed by atoms with Crippen LogP contribution in [0.1, 0.15) is 25.6 Å². The minimum Gasteiger partial charge on any atom is -0.508 e. The number of nitrogen functional groups attached to an aromatic ring is 1. The molecule has 0 bridgehead atoms. The molecule has 1 aromatic heterocycles. The number of aromatic hydroxyl groups is 1. The highest BCUT2D eigenvalue weighted by Gasteiger charge is 2.14. The third-order valence-corrected chi connectivity index (χ3v) is 3.61. The molecule has 0 atom stereocenters. The van der Waals surface area contributed by atoms with E-state index in [1.165, 1.54) is 28.6 Å². The number of carbonyl (C=O) groups excluding carboxylic acids is 1. The fourth-order valence-corrected chi connectivity index (χ4v) is 2.35. The van der Waals surface area contributed by atoms with Crippen LogP contribution in [-0.2, 0) is 4.79 Å². The van der Waals surface area contributed by atoms with E-state index in [4.69, 9.17) is 5.84 Å². The van der Waals surface area contributed by atoms with Gasteiger partial charge in [0, 0.05) is 17.7 Å². The quantitative estimate of drug-likeness (QED) is 0.571. The SMILES string of the molecule is CC(C)c1nnc(SCC(=O)Nc2cccc(O)c2)n1N. The monoisotopic (exact) mass is 307 g/mol. The van der Waals surface area contributed by atoms with Crippen LogP contribution in [-0.4, -0.2) is 31.6 Å². The molecule has 8 heteroatoms. The van der Waals surface area contributed by atoms with Gasteiger partial charge in [-0.15, -0.1) is 10.2 Å². The van der Waals surface area contributed by atoms with Gasteiger partial charge in [0.25, 0.3) is 0 Å². The Morgan fingerprint density at radius 2 is 2.24 bits per heavy atom. The molecule has 7 nitrogen and oxygen atoms in total. The normalized spacial score (nSPS) is 10.8. The molecule has 0 saturated heterocycles. The molecule has 2 aromatic rings. The zero-order chi connectivity index (χ0) is 15.4. The molecule has 0 saturated carbocycles. The Labute approximate surface area is 126 Å². The van der Waals surface area contributed by atoms with Crippen molar-refractivity contribution in [3.8, 4) is 5.75 Å². The van der Waals surface area contributed by atoms with Crippen LogP contribution in [0.5, 0.6) is 5.75 Å². The van der Waals surface area contributed by atoms with Gasteiger partial charge in [-0.2, -0.15) is 0 Å². The van der Waals surface area contributed by atoms with E-state index in [2.05, 4.69) is 15.5 Å². The third-order valence-electron chi connectivity index (χ3n) is 2.67. The van der Waals surface area contributed by atoms with Gasteiger partial charge in [0.15, 0.2) is 5.82 Å². The smallest absolute Gasteiger partial charge is 0.234 e. The van der Waals surface area contributed by atoms with E-state index in [1.54, 1.807) is 12.1 Å². The van der Waals surface area contributed by atoms with Crippen LogP contribution in [0.15, 0.2) is 29.4 Å². The van der Waals surface area contributed by atoms with Crippen molar-refractivity contribution in [1.82, 2.24) is 14.9 Å². The number of thioether (sulfide) groups is 1. The molecule has 0 radical (unpaired) electrons. The van der Waals surface area contributed by atoms with Gasteiger partial charge in [-0.25, -0.2) is 4.68 Å². The molecular formula is C13H17N5O2S. The Balaban J connectivity index is 1.92. The van der Waals surface area contributed by atoms with E-state index in [0.717, 1.165) is 0 Å². The Bertz CT molecular complexity index is 641. The molecule has 1 aromatic carbocycles. The number of benzene rings is 1. The maximum Gasteiger partial charge on any atom is 0.234 e. The number of aromatic nitrogens is 3. The van der Waals surface area contributed by atoms with Crippen molar-refractivity contribution in [2.75, 3.05) is 16.9 Å². The van der Waals surface area contributed by atoms with E-state index in [0.29, 0.717) is 16.7 Å². The summed E-state index contributed by atoms with van der Waals surface area (Å²) in [6, 6.07) is 6.37. The Hall–Kier alpha value is -2.22. The summed E-state index contributed by atoms with van der Waals surface area (Å²) in [5, 5.41) is 20.5. The highest BCUT2D eigenvalue weighted by molar-refractivity contribution is 7.99.